The summed E-state index contributed by atoms with van der Waals surface area (Å²) >= 11 is 0. The van der Waals surface area contributed by atoms with Gasteiger partial charge < -0.3 is 21.3 Å². The highest BCUT2D eigenvalue weighted by molar-refractivity contribution is 6.44. The molecule has 0 saturated carbocycles. The summed E-state index contributed by atoms with van der Waals surface area (Å²) < 4.78 is 0. The predicted octanol–water partition coefficient (Wildman–Crippen LogP) is 2.80. The Kier molecular flexibility index (Phi) is 5.11. The second-order valence-corrected chi connectivity index (χ2v) is 7.54. The fraction of sp³-hybridized carbons (Fsp3) is 0.238. The molecule has 0 bridgehead atoms. The van der Waals surface area contributed by atoms with Gasteiger partial charge in [0.05, 0.1) is 22.7 Å². The molecule has 0 atom stereocenters. The minimum absolute atomic E-state index is 0.253. The van der Waals surface area contributed by atoms with Crippen molar-refractivity contribution < 1.29 is 19.2 Å². The van der Waals surface area contributed by atoms with Crippen molar-refractivity contribution >= 4 is 46.4 Å². The number of benzene rings is 2. The second kappa shape index (κ2) is 7.38. The van der Waals surface area contributed by atoms with Crippen LogP contribution in [0.1, 0.15) is 25.0 Å². The van der Waals surface area contributed by atoms with Crippen molar-refractivity contribution in [2.24, 2.45) is 5.41 Å². The summed E-state index contributed by atoms with van der Waals surface area (Å²) in [5.74, 6) is -2.91. The van der Waals surface area contributed by atoms with Crippen LogP contribution in [0.3, 0.4) is 0 Å². The molecule has 1 aliphatic heterocycles. The molecular formula is C21H22N4O4. The third-order valence-electron chi connectivity index (χ3n) is 4.68. The zero-order chi connectivity index (χ0) is 21.3. The van der Waals surface area contributed by atoms with E-state index < -0.39 is 29.0 Å². The van der Waals surface area contributed by atoms with Crippen LogP contribution >= 0.6 is 0 Å². The zero-order valence-electron chi connectivity index (χ0n) is 16.6. The number of hydrogen-bond acceptors (Lipinski definition) is 4. The largest absolute Gasteiger partial charge is 0.323 e. The standard InChI is InChI=1S/C21H22N4O4/c1-11-5-7-13-15(9-11)24-19(28)21(3,4)20(29)25-16-10-12(2)6-8-14(16)23-18(27)17(26)22-13/h5-10H,1-4H3,(H,22,26)(H,23,27)(H,24,28)(H,25,29). The summed E-state index contributed by atoms with van der Waals surface area (Å²) in [6.45, 7) is 6.64. The molecule has 1 aliphatic rings. The molecule has 150 valence electrons. The molecule has 0 fully saturated rings. The monoisotopic (exact) mass is 394 g/mol. The van der Waals surface area contributed by atoms with Crippen LogP contribution in [0.4, 0.5) is 22.7 Å². The Balaban J connectivity index is 2.11. The van der Waals surface area contributed by atoms with Gasteiger partial charge in [-0.2, -0.15) is 0 Å². The number of anilines is 4. The van der Waals surface area contributed by atoms with E-state index in [0.29, 0.717) is 11.4 Å². The van der Waals surface area contributed by atoms with E-state index >= 15 is 0 Å². The normalized spacial score (nSPS) is 16.6. The van der Waals surface area contributed by atoms with E-state index in [1.54, 1.807) is 36.4 Å². The van der Waals surface area contributed by atoms with Crippen molar-refractivity contribution in [2.75, 3.05) is 21.3 Å². The van der Waals surface area contributed by atoms with Crippen LogP contribution in [0.5, 0.6) is 0 Å². The van der Waals surface area contributed by atoms with Crippen LogP contribution in [-0.2, 0) is 19.2 Å². The van der Waals surface area contributed by atoms with Crippen molar-refractivity contribution in [1.29, 1.82) is 0 Å². The first-order valence-electron chi connectivity index (χ1n) is 9.04. The summed E-state index contributed by atoms with van der Waals surface area (Å²) in [6.07, 6.45) is 0. The predicted molar refractivity (Wildman–Crippen MR) is 111 cm³/mol. The Bertz CT molecular complexity index is 961. The lowest BCUT2D eigenvalue weighted by Crippen LogP contribution is -2.41. The van der Waals surface area contributed by atoms with E-state index in [-0.39, 0.29) is 11.4 Å². The molecule has 29 heavy (non-hydrogen) atoms. The molecule has 4 N–H and O–H groups in total. The van der Waals surface area contributed by atoms with Crippen molar-refractivity contribution in [3.8, 4) is 0 Å². The van der Waals surface area contributed by atoms with Gasteiger partial charge in [0.1, 0.15) is 5.41 Å². The first-order chi connectivity index (χ1) is 13.6. The maximum absolute atomic E-state index is 12.9. The number of amides is 4. The zero-order valence-corrected chi connectivity index (χ0v) is 16.6. The first-order valence-corrected chi connectivity index (χ1v) is 9.04. The summed E-state index contributed by atoms with van der Waals surface area (Å²) in [5, 5.41) is 10.4. The summed E-state index contributed by atoms with van der Waals surface area (Å²) in [7, 11) is 0. The van der Waals surface area contributed by atoms with Gasteiger partial charge in [0, 0.05) is 0 Å². The van der Waals surface area contributed by atoms with E-state index in [0.717, 1.165) is 11.1 Å². The van der Waals surface area contributed by atoms with Crippen LogP contribution in [0, 0.1) is 19.3 Å². The summed E-state index contributed by atoms with van der Waals surface area (Å²) in [4.78, 5) is 50.5. The van der Waals surface area contributed by atoms with Crippen LogP contribution in [0.2, 0.25) is 0 Å². The SMILES string of the molecule is Cc1ccc2c(c1)NC(=O)C(C)(C)C(=O)Nc1cc(C)ccc1NC(=O)C(=O)N2. The molecular weight excluding hydrogens is 372 g/mol. The van der Waals surface area contributed by atoms with Gasteiger partial charge in [0.15, 0.2) is 0 Å². The summed E-state index contributed by atoms with van der Waals surface area (Å²) in [6, 6.07) is 9.93. The van der Waals surface area contributed by atoms with Gasteiger partial charge in [0.25, 0.3) is 0 Å². The van der Waals surface area contributed by atoms with E-state index in [2.05, 4.69) is 21.3 Å². The third kappa shape index (κ3) is 4.11. The molecule has 8 nitrogen and oxygen atoms in total. The fourth-order valence-corrected chi connectivity index (χ4v) is 2.76. The number of nitrogens with one attached hydrogen (secondary N) is 4. The maximum atomic E-state index is 12.9. The van der Waals surface area contributed by atoms with Crippen molar-refractivity contribution in [3.05, 3.63) is 47.5 Å². The topological polar surface area (TPSA) is 116 Å². The number of aryl methyl sites for hydroxylation is 2. The highest BCUT2D eigenvalue weighted by Crippen LogP contribution is 2.30. The quantitative estimate of drug-likeness (QED) is 0.406. The lowest BCUT2D eigenvalue weighted by molar-refractivity contribution is -0.135. The number of carbonyl (C=O) groups is 4. The Hall–Kier alpha value is -3.68. The molecule has 8 heteroatoms. The van der Waals surface area contributed by atoms with Crippen molar-refractivity contribution in [3.63, 3.8) is 0 Å². The second-order valence-electron chi connectivity index (χ2n) is 7.54. The average molecular weight is 394 g/mol. The molecule has 0 aromatic heterocycles. The highest BCUT2D eigenvalue weighted by Gasteiger charge is 2.37. The maximum Gasteiger partial charge on any atom is 0.314 e. The molecule has 0 radical (unpaired) electrons. The molecule has 2 aromatic rings. The van der Waals surface area contributed by atoms with Gasteiger partial charge in [-0.1, -0.05) is 12.1 Å². The Labute approximate surface area is 168 Å². The van der Waals surface area contributed by atoms with E-state index in [1.807, 2.05) is 13.8 Å². The Morgan fingerprint density at radius 2 is 0.966 bits per heavy atom. The Morgan fingerprint density at radius 3 is 1.34 bits per heavy atom. The molecule has 0 aliphatic carbocycles. The molecule has 0 spiro atoms. The van der Waals surface area contributed by atoms with E-state index in [4.69, 9.17) is 0 Å². The summed E-state index contributed by atoms with van der Waals surface area (Å²) in [5.41, 5.74) is 1.33. The Morgan fingerprint density at radius 1 is 0.586 bits per heavy atom. The minimum Gasteiger partial charge on any atom is -0.323 e. The van der Waals surface area contributed by atoms with Gasteiger partial charge in [-0.25, -0.2) is 0 Å². The van der Waals surface area contributed by atoms with Crippen LogP contribution in [0.25, 0.3) is 0 Å². The van der Waals surface area contributed by atoms with E-state index in [1.165, 1.54) is 13.8 Å². The van der Waals surface area contributed by atoms with Gasteiger partial charge >= 0.3 is 11.8 Å². The molecule has 2 aromatic carbocycles. The first kappa shape index (κ1) is 20.1. The van der Waals surface area contributed by atoms with Crippen LogP contribution < -0.4 is 21.3 Å². The van der Waals surface area contributed by atoms with E-state index in [9.17, 15) is 19.2 Å². The van der Waals surface area contributed by atoms with Crippen molar-refractivity contribution in [2.45, 2.75) is 27.7 Å². The fourth-order valence-electron chi connectivity index (χ4n) is 2.76. The number of hydrogen-bond donors (Lipinski definition) is 4. The van der Waals surface area contributed by atoms with Gasteiger partial charge in [-0.15, -0.1) is 0 Å². The smallest absolute Gasteiger partial charge is 0.314 e. The molecule has 0 saturated heterocycles. The number of fused-ring (bicyclic) bond motifs is 2. The van der Waals surface area contributed by atoms with Gasteiger partial charge in [-0.3, -0.25) is 19.2 Å². The lowest BCUT2D eigenvalue weighted by Gasteiger charge is -2.24. The molecule has 3 rings (SSSR count). The number of carbonyl (C=O) groups excluding carboxylic acids is 4. The van der Waals surface area contributed by atoms with Crippen LogP contribution in [-0.4, -0.2) is 23.6 Å². The highest BCUT2D eigenvalue weighted by atomic mass is 16.2. The van der Waals surface area contributed by atoms with Crippen LogP contribution in [0.15, 0.2) is 36.4 Å². The van der Waals surface area contributed by atoms with Crippen molar-refractivity contribution in [1.82, 2.24) is 0 Å². The van der Waals surface area contributed by atoms with Gasteiger partial charge in [-0.05, 0) is 63.1 Å². The number of rotatable bonds is 0. The molecule has 1 heterocycles. The molecule has 4 amide bonds. The lowest BCUT2D eigenvalue weighted by atomic mass is 9.90. The average Bonchev–Trinajstić information content (AvgIpc) is 2.65. The molecule has 0 unspecified atom stereocenters. The van der Waals surface area contributed by atoms with Gasteiger partial charge in [0.2, 0.25) is 11.8 Å². The third-order valence-corrected chi connectivity index (χ3v) is 4.68. The minimum atomic E-state index is -1.43.